The Morgan fingerprint density at radius 2 is 1.88 bits per heavy atom. The van der Waals surface area contributed by atoms with E-state index in [9.17, 15) is 18.0 Å². The predicted octanol–water partition coefficient (Wildman–Crippen LogP) is 3.29. The maximum atomic E-state index is 13.7. The summed E-state index contributed by atoms with van der Waals surface area (Å²) in [6, 6.07) is 6.55. The molecule has 0 saturated carbocycles. The van der Waals surface area contributed by atoms with Gasteiger partial charge in [0, 0.05) is 6.54 Å². The topological polar surface area (TPSA) is 50.8 Å². The van der Waals surface area contributed by atoms with Gasteiger partial charge in [0.05, 0.1) is 11.7 Å². The molecule has 0 spiro atoms. The number of amides is 1. The summed E-state index contributed by atoms with van der Waals surface area (Å²) in [5.74, 6) is -3.60. The SMILES string of the molecule is C[C@H](C(=O)Nc1ccc(F)c(F)c1F)N(C)Cc1ccc2c(c1)OCO2. The number of carbonyl (C=O) groups is 1. The van der Waals surface area contributed by atoms with Crippen LogP contribution in [0, 0.1) is 17.5 Å². The maximum Gasteiger partial charge on any atom is 0.241 e. The first kappa shape index (κ1) is 18.1. The van der Waals surface area contributed by atoms with Crippen molar-refractivity contribution in [1.82, 2.24) is 4.90 Å². The molecule has 0 radical (unpaired) electrons. The van der Waals surface area contributed by atoms with Crippen LogP contribution in [0.5, 0.6) is 11.5 Å². The van der Waals surface area contributed by atoms with Gasteiger partial charge < -0.3 is 14.8 Å². The largest absolute Gasteiger partial charge is 0.454 e. The third-order valence-electron chi connectivity index (χ3n) is 4.20. The van der Waals surface area contributed by atoms with Gasteiger partial charge in [-0.1, -0.05) is 6.07 Å². The molecule has 2 aromatic carbocycles. The second-order valence-corrected chi connectivity index (χ2v) is 5.99. The fourth-order valence-electron chi connectivity index (χ4n) is 2.52. The number of carbonyl (C=O) groups excluding carboxylic acids is 1. The van der Waals surface area contributed by atoms with Gasteiger partial charge in [0.1, 0.15) is 0 Å². The summed E-state index contributed by atoms with van der Waals surface area (Å²) in [6.45, 7) is 2.22. The van der Waals surface area contributed by atoms with Gasteiger partial charge in [-0.2, -0.15) is 0 Å². The zero-order chi connectivity index (χ0) is 18.8. The molecule has 1 amide bonds. The van der Waals surface area contributed by atoms with E-state index >= 15 is 0 Å². The van der Waals surface area contributed by atoms with Gasteiger partial charge in [-0.05, 0) is 43.8 Å². The molecule has 0 fully saturated rings. The number of rotatable bonds is 5. The first-order valence-corrected chi connectivity index (χ1v) is 7.90. The number of hydrogen-bond donors (Lipinski definition) is 1. The van der Waals surface area contributed by atoms with Crippen LogP contribution in [0.4, 0.5) is 18.9 Å². The Hall–Kier alpha value is -2.74. The lowest BCUT2D eigenvalue weighted by atomic mass is 10.1. The Balaban J connectivity index is 1.65. The van der Waals surface area contributed by atoms with Crippen molar-refractivity contribution in [2.75, 3.05) is 19.2 Å². The summed E-state index contributed by atoms with van der Waals surface area (Å²) in [4.78, 5) is 14.0. The summed E-state index contributed by atoms with van der Waals surface area (Å²) < 4.78 is 50.5. The minimum atomic E-state index is -1.62. The number of fused-ring (bicyclic) bond motifs is 1. The molecule has 0 saturated heterocycles. The fourth-order valence-corrected chi connectivity index (χ4v) is 2.52. The van der Waals surface area contributed by atoms with Crippen LogP contribution in [0.1, 0.15) is 12.5 Å². The molecule has 1 N–H and O–H groups in total. The lowest BCUT2D eigenvalue weighted by molar-refractivity contribution is -0.120. The highest BCUT2D eigenvalue weighted by atomic mass is 19.2. The molecule has 8 heteroatoms. The molecule has 1 aliphatic rings. The van der Waals surface area contributed by atoms with Crippen LogP contribution in [0.25, 0.3) is 0 Å². The smallest absolute Gasteiger partial charge is 0.241 e. The van der Waals surface area contributed by atoms with Crippen LogP contribution >= 0.6 is 0 Å². The monoisotopic (exact) mass is 366 g/mol. The molecule has 5 nitrogen and oxygen atoms in total. The number of nitrogens with zero attached hydrogens (tertiary/aromatic N) is 1. The molecule has 1 heterocycles. The van der Waals surface area contributed by atoms with Gasteiger partial charge in [-0.25, -0.2) is 13.2 Å². The molecule has 0 aliphatic carbocycles. The lowest BCUT2D eigenvalue weighted by Crippen LogP contribution is -2.39. The van der Waals surface area contributed by atoms with E-state index in [4.69, 9.17) is 9.47 Å². The van der Waals surface area contributed by atoms with Gasteiger partial charge in [-0.15, -0.1) is 0 Å². The zero-order valence-electron chi connectivity index (χ0n) is 14.2. The van der Waals surface area contributed by atoms with Gasteiger partial charge in [0.2, 0.25) is 12.7 Å². The molecule has 1 atom stereocenters. The van der Waals surface area contributed by atoms with Crippen LogP contribution in [0.3, 0.4) is 0 Å². The van der Waals surface area contributed by atoms with E-state index in [0.717, 1.165) is 17.7 Å². The zero-order valence-corrected chi connectivity index (χ0v) is 14.2. The molecule has 26 heavy (non-hydrogen) atoms. The Morgan fingerprint density at radius 3 is 2.65 bits per heavy atom. The first-order valence-electron chi connectivity index (χ1n) is 7.90. The van der Waals surface area contributed by atoms with Crippen molar-refractivity contribution in [3.05, 3.63) is 53.3 Å². The highest BCUT2D eigenvalue weighted by molar-refractivity contribution is 5.94. The number of ether oxygens (including phenoxy) is 2. The van der Waals surface area contributed by atoms with Gasteiger partial charge in [0.25, 0.3) is 0 Å². The number of halogens is 3. The van der Waals surface area contributed by atoms with E-state index in [0.29, 0.717) is 18.0 Å². The van der Waals surface area contributed by atoms with Gasteiger partial charge in [0.15, 0.2) is 29.0 Å². The number of hydrogen-bond acceptors (Lipinski definition) is 4. The number of anilines is 1. The van der Waals surface area contributed by atoms with E-state index in [-0.39, 0.29) is 6.79 Å². The predicted molar refractivity (Wildman–Crippen MR) is 88.4 cm³/mol. The van der Waals surface area contributed by atoms with Crippen LogP contribution < -0.4 is 14.8 Å². The quantitative estimate of drug-likeness (QED) is 0.825. The third kappa shape index (κ3) is 3.60. The van der Waals surface area contributed by atoms with Crippen molar-refractivity contribution in [3.63, 3.8) is 0 Å². The summed E-state index contributed by atoms with van der Waals surface area (Å²) in [5.41, 5.74) is 0.493. The maximum absolute atomic E-state index is 13.7. The number of likely N-dealkylation sites (N-methyl/N-ethyl adjacent to an activating group) is 1. The van der Waals surface area contributed by atoms with Gasteiger partial charge >= 0.3 is 0 Å². The average molecular weight is 366 g/mol. The van der Waals surface area contributed by atoms with Gasteiger partial charge in [-0.3, -0.25) is 9.69 Å². The Bertz CT molecular complexity index is 845. The Kier molecular flexibility index (Phi) is 5.03. The first-order chi connectivity index (χ1) is 12.4. The summed E-state index contributed by atoms with van der Waals surface area (Å²) in [5, 5.41) is 2.28. The van der Waals surface area contributed by atoms with Crippen molar-refractivity contribution in [3.8, 4) is 11.5 Å². The molecule has 138 valence electrons. The highest BCUT2D eigenvalue weighted by Gasteiger charge is 2.22. The number of nitrogens with one attached hydrogen (secondary N) is 1. The van der Waals surface area contributed by atoms with Crippen molar-refractivity contribution in [2.24, 2.45) is 0 Å². The minimum Gasteiger partial charge on any atom is -0.454 e. The molecule has 0 unspecified atom stereocenters. The normalized spacial score (nSPS) is 13.8. The summed E-state index contributed by atoms with van der Waals surface area (Å²) in [6.07, 6.45) is 0. The minimum absolute atomic E-state index is 0.174. The van der Waals surface area contributed by atoms with E-state index in [1.165, 1.54) is 0 Å². The highest BCUT2D eigenvalue weighted by Crippen LogP contribution is 2.32. The molecule has 0 aromatic heterocycles. The fraction of sp³-hybridized carbons (Fsp3) is 0.278. The van der Waals surface area contributed by atoms with Crippen molar-refractivity contribution >= 4 is 11.6 Å². The Labute approximate surface area is 148 Å². The average Bonchev–Trinajstić information content (AvgIpc) is 3.09. The summed E-state index contributed by atoms with van der Waals surface area (Å²) in [7, 11) is 1.72. The van der Waals surface area contributed by atoms with Crippen molar-refractivity contribution in [2.45, 2.75) is 19.5 Å². The second-order valence-electron chi connectivity index (χ2n) is 5.99. The lowest BCUT2D eigenvalue weighted by Gasteiger charge is -2.24. The molecule has 1 aliphatic heterocycles. The molecule has 3 rings (SSSR count). The van der Waals surface area contributed by atoms with Crippen LogP contribution in [0.2, 0.25) is 0 Å². The molecular weight excluding hydrogens is 349 g/mol. The van der Waals surface area contributed by atoms with Crippen LogP contribution in [-0.4, -0.2) is 30.7 Å². The van der Waals surface area contributed by atoms with Crippen molar-refractivity contribution < 1.29 is 27.4 Å². The van der Waals surface area contributed by atoms with E-state index in [1.807, 2.05) is 12.1 Å². The molecule has 2 aromatic rings. The van der Waals surface area contributed by atoms with Crippen LogP contribution in [0.15, 0.2) is 30.3 Å². The molecular formula is C18H17F3N2O3. The summed E-state index contributed by atoms with van der Waals surface area (Å²) >= 11 is 0. The number of benzene rings is 2. The molecule has 0 bridgehead atoms. The van der Waals surface area contributed by atoms with E-state index < -0.39 is 35.1 Å². The van der Waals surface area contributed by atoms with E-state index in [1.54, 1.807) is 24.9 Å². The van der Waals surface area contributed by atoms with Crippen molar-refractivity contribution in [1.29, 1.82) is 0 Å². The Morgan fingerprint density at radius 1 is 1.15 bits per heavy atom. The third-order valence-corrected chi connectivity index (χ3v) is 4.20. The van der Waals surface area contributed by atoms with E-state index in [2.05, 4.69) is 5.32 Å². The second kappa shape index (κ2) is 7.25. The standard InChI is InChI=1S/C18H17F3N2O3/c1-10(18(24)22-13-5-4-12(19)16(20)17(13)21)23(2)8-11-3-6-14-15(7-11)26-9-25-14/h3-7,10H,8-9H2,1-2H3,(H,22,24)/t10-/m1/s1. The van der Waals surface area contributed by atoms with Crippen LogP contribution in [-0.2, 0) is 11.3 Å².